The lowest BCUT2D eigenvalue weighted by Gasteiger charge is -2.32. The summed E-state index contributed by atoms with van der Waals surface area (Å²) in [5.41, 5.74) is 2.84. The smallest absolute Gasteiger partial charge is 0.261 e. The van der Waals surface area contributed by atoms with Crippen LogP contribution >= 0.6 is 0 Å². The topological polar surface area (TPSA) is 58.6 Å². The fourth-order valence-electron chi connectivity index (χ4n) is 3.90. The third-order valence-corrected chi connectivity index (χ3v) is 5.88. The minimum atomic E-state index is -0.765. The highest BCUT2D eigenvalue weighted by atomic mass is 19.1. The van der Waals surface area contributed by atoms with Crippen LogP contribution in [0.2, 0.25) is 0 Å². The molecule has 3 rings (SSSR count). The van der Waals surface area contributed by atoms with E-state index in [-0.39, 0.29) is 36.8 Å². The summed E-state index contributed by atoms with van der Waals surface area (Å²) in [5, 5.41) is 2.95. The van der Waals surface area contributed by atoms with Crippen molar-refractivity contribution >= 4 is 11.8 Å². The molecule has 0 spiro atoms. The molecule has 0 fully saturated rings. The summed E-state index contributed by atoms with van der Waals surface area (Å²) < 4.78 is 19.3. The van der Waals surface area contributed by atoms with Crippen molar-refractivity contribution in [3.8, 4) is 5.75 Å². The van der Waals surface area contributed by atoms with Crippen LogP contribution < -0.4 is 10.1 Å². The first kappa shape index (κ1) is 26.9. The first-order valence-electron chi connectivity index (χ1n) is 12.3. The highest BCUT2D eigenvalue weighted by Crippen LogP contribution is 2.20. The van der Waals surface area contributed by atoms with E-state index in [9.17, 15) is 14.0 Å². The Morgan fingerprint density at radius 2 is 1.50 bits per heavy atom. The Balaban J connectivity index is 1.87. The van der Waals surface area contributed by atoms with E-state index < -0.39 is 6.04 Å². The predicted octanol–water partition coefficient (Wildman–Crippen LogP) is 5.49. The van der Waals surface area contributed by atoms with Crippen molar-refractivity contribution in [3.05, 3.63) is 101 Å². The van der Waals surface area contributed by atoms with Crippen molar-refractivity contribution in [1.82, 2.24) is 10.2 Å². The molecule has 2 amide bonds. The van der Waals surface area contributed by atoms with Crippen LogP contribution in [0.4, 0.5) is 4.39 Å². The van der Waals surface area contributed by atoms with Gasteiger partial charge in [-0.25, -0.2) is 4.39 Å². The van der Waals surface area contributed by atoms with Gasteiger partial charge in [-0.2, -0.15) is 0 Å². The highest BCUT2D eigenvalue weighted by Gasteiger charge is 2.31. The standard InChI is InChI=1S/C30H35FN2O3/c1-21(2)25-12-16-27(17-13-25)36-20-29(34)33(19-24-10-14-26(31)15-11-24)28(30(35)32-22(3)4)18-23-8-6-5-7-9-23/h5-17,21-22,28H,18-20H2,1-4H3,(H,32,35). The Morgan fingerprint density at radius 1 is 0.861 bits per heavy atom. The molecular weight excluding hydrogens is 455 g/mol. The maximum Gasteiger partial charge on any atom is 0.261 e. The molecule has 0 aliphatic rings. The van der Waals surface area contributed by atoms with Gasteiger partial charge in [0.25, 0.3) is 5.91 Å². The number of ether oxygens (including phenoxy) is 1. The summed E-state index contributed by atoms with van der Waals surface area (Å²) in [6.45, 7) is 7.92. The molecular formula is C30H35FN2O3. The SMILES string of the molecule is CC(C)NC(=O)C(Cc1ccccc1)N(Cc1ccc(F)cc1)C(=O)COc1ccc(C(C)C)cc1. The van der Waals surface area contributed by atoms with Gasteiger partial charge in [-0.05, 0) is 60.7 Å². The zero-order valence-corrected chi connectivity index (χ0v) is 21.4. The van der Waals surface area contributed by atoms with Crippen LogP contribution in [0.5, 0.6) is 5.75 Å². The molecule has 0 radical (unpaired) electrons. The molecule has 0 saturated heterocycles. The van der Waals surface area contributed by atoms with Crippen LogP contribution in [0.25, 0.3) is 0 Å². The van der Waals surface area contributed by atoms with Crippen LogP contribution in [-0.4, -0.2) is 35.4 Å². The average Bonchev–Trinajstić information content (AvgIpc) is 2.86. The Bertz CT molecular complexity index is 1110. The summed E-state index contributed by atoms with van der Waals surface area (Å²) in [6, 6.07) is 22.3. The molecule has 0 aromatic heterocycles. The Kier molecular flexibility index (Phi) is 9.62. The van der Waals surface area contributed by atoms with Gasteiger partial charge in [0.2, 0.25) is 5.91 Å². The number of rotatable bonds is 11. The molecule has 1 N–H and O–H groups in total. The minimum Gasteiger partial charge on any atom is -0.484 e. The third-order valence-electron chi connectivity index (χ3n) is 5.88. The number of carbonyl (C=O) groups is 2. The first-order valence-corrected chi connectivity index (χ1v) is 12.3. The van der Waals surface area contributed by atoms with Crippen molar-refractivity contribution in [1.29, 1.82) is 0 Å². The number of halogens is 1. The summed E-state index contributed by atoms with van der Waals surface area (Å²) >= 11 is 0. The second kappa shape index (κ2) is 12.9. The van der Waals surface area contributed by atoms with Gasteiger partial charge < -0.3 is 15.0 Å². The molecule has 5 nitrogen and oxygen atoms in total. The normalized spacial score (nSPS) is 11.9. The van der Waals surface area contributed by atoms with Gasteiger partial charge in [-0.3, -0.25) is 9.59 Å². The predicted molar refractivity (Wildman–Crippen MR) is 140 cm³/mol. The quantitative estimate of drug-likeness (QED) is 0.387. The fourth-order valence-corrected chi connectivity index (χ4v) is 3.90. The number of hydrogen-bond acceptors (Lipinski definition) is 3. The van der Waals surface area contributed by atoms with Crippen LogP contribution in [0, 0.1) is 5.82 Å². The van der Waals surface area contributed by atoms with E-state index in [2.05, 4.69) is 19.2 Å². The molecule has 3 aromatic rings. The number of nitrogens with one attached hydrogen (secondary N) is 1. The zero-order chi connectivity index (χ0) is 26.1. The molecule has 0 bridgehead atoms. The lowest BCUT2D eigenvalue weighted by Crippen LogP contribution is -2.52. The second-order valence-corrected chi connectivity index (χ2v) is 9.53. The third kappa shape index (κ3) is 7.94. The summed E-state index contributed by atoms with van der Waals surface area (Å²) in [4.78, 5) is 28.4. The molecule has 3 aromatic carbocycles. The van der Waals surface area contributed by atoms with Crippen molar-refractivity contribution < 1.29 is 18.7 Å². The number of hydrogen-bond donors (Lipinski definition) is 1. The van der Waals surface area contributed by atoms with Crippen molar-refractivity contribution in [2.24, 2.45) is 0 Å². The first-order chi connectivity index (χ1) is 17.2. The van der Waals surface area contributed by atoms with Gasteiger partial charge in [-0.1, -0.05) is 68.4 Å². The Hall–Kier alpha value is -3.67. The fraction of sp³-hybridized carbons (Fsp3) is 0.333. The van der Waals surface area contributed by atoms with E-state index in [0.29, 0.717) is 18.1 Å². The van der Waals surface area contributed by atoms with Crippen molar-refractivity contribution in [2.75, 3.05) is 6.61 Å². The second-order valence-electron chi connectivity index (χ2n) is 9.53. The number of carbonyl (C=O) groups excluding carboxylic acids is 2. The number of benzene rings is 3. The van der Waals surface area contributed by atoms with Crippen molar-refractivity contribution in [3.63, 3.8) is 0 Å². The Morgan fingerprint density at radius 3 is 2.08 bits per heavy atom. The molecule has 0 aliphatic heterocycles. The van der Waals surface area contributed by atoms with E-state index in [1.54, 1.807) is 12.1 Å². The zero-order valence-electron chi connectivity index (χ0n) is 21.4. The molecule has 0 heterocycles. The van der Waals surface area contributed by atoms with Crippen LogP contribution in [0.1, 0.15) is 50.3 Å². The van der Waals surface area contributed by atoms with Gasteiger partial charge in [0, 0.05) is 19.0 Å². The van der Waals surface area contributed by atoms with Gasteiger partial charge in [0.05, 0.1) is 0 Å². The van der Waals surface area contributed by atoms with E-state index >= 15 is 0 Å². The van der Waals surface area contributed by atoms with E-state index in [1.807, 2.05) is 68.4 Å². The molecule has 0 aliphatic carbocycles. The van der Waals surface area contributed by atoms with Crippen LogP contribution in [-0.2, 0) is 22.6 Å². The minimum absolute atomic E-state index is 0.0886. The summed E-state index contributed by atoms with van der Waals surface area (Å²) in [7, 11) is 0. The number of nitrogens with zero attached hydrogens (tertiary/aromatic N) is 1. The lowest BCUT2D eigenvalue weighted by molar-refractivity contribution is -0.143. The maximum absolute atomic E-state index is 13.5. The summed E-state index contributed by atoms with van der Waals surface area (Å²) in [6.07, 6.45) is 0.343. The van der Waals surface area contributed by atoms with Gasteiger partial charge >= 0.3 is 0 Å². The molecule has 36 heavy (non-hydrogen) atoms. The number of amides is 2. The van der Waals surface area contributed by atoms with Gasteiger partial charge in [-0.15, -0.1) is 0 Å². The van der Waals surface area contributed by atoms with E-state index in [1.165, 1.54) is 22.6 Å². The van der Waals surface area contributed by atoms with Gasteiger partial charge in [0.1, 0.15) is 17.6 Å². The lowest BCUT2D eigenvalue weighted by atomic mass is 10.0. The Labute approximate surface area is 213 Å². The average molecular weight is 491 g/mol. The van der Waals surface area contributed by atoms with Crippen molar-refractivity contribution in [2.45, 2.75) is 58.7 Å². The maximum atomic E-state index is 13.5. The highest BCUT2D eigenvalue weighted by molar-refractivity contribution is 5.88. The molecule has 1 atom stereocenters. The van der Waals surface area contributed by atoms with Gasteiger partial charge in [0.15, 0.2) is 6.61 Å². The van der Waals surface area contributed by atoms with E-state index in [4.69, 9.17) is 4.74 Å². The van der Waals surface area contributed by atoms with Crippen LogP contribution in [0.3, 0.4) is 0 Å². The largest absolute Gasteiger partial charge is 0.484 e. The molecule has 0 saturated carbocycles. The van der Waals surface area contributed by atoms with Crippen LogP contribution in [0.15, 0.2) is 78.9 Å². The van der Waals surface area contributed by atoms with E-state index in [0.717, 1.165) is 11.1 Å². The summed E-state index contributed by atoms with van der Waals surface area (Å²) in [5.74, 6) is 0.0479. The molecule has 1 unspecified atom stereocenters. The molecule has 190 valence electrons. The molecule has 6 heteroatoms. The monoisotopic (exact) mass is 490 g/mol.